The molecule has 7 aromatic carbocycles. The van der Waals surface area contributed by atoms with Gasteiger partial charge in [0.15, 0.2) is 17.5 Å². The minimum Gasteiger partial charge on any atom is -0.309 e. The second kappa shape index (κ2) is 14.1. The number of aromatic nitrogens is 6. The number of hydrogen-bond acceptors (Lipinski definition) is 4. The van der Waals surface area contributed by atoms with Gasteiger partial charge in [-0.2, -0.15) is 13.2 Å². The Labute approximate surface area is 347 Å². The monoisotopic (exact) mass is 798 g/mol. The number of fused-ring (bicyclic) bond motifs is 6. The molecule has 0 radical (unpaired) electrons. The van der Waals surface area contributed by atoms with Gasteiger partial charge >= 0.3 is 6.18 Å². The van der Waals surface area contributed by atoms with Crippen molar-refractivity contribution < 1.29 is 13.2 Å². The van der Waals surface area contributed by atoms with Gasteiger partial charge in [-0.05, 0) is 79.7 Å². The Morgan fingerprint density at radius 3 is 1.57 bits per heavy atom. The molecule has 4 aromatic heterocycles. The number of pyridine rings is 1. The lowest BCUT2D eigenvalue weighted by molar-refractivity contribution is -0.137. The van der Waals surface area contributed by atoms with Gasteiger partial charge in [-0.25, -0.2) is 15.0 Å². The summed E-state index contributed by atoms with van der Waals surface area (Å²) in [6.07, 6.45) is -2.74. The minimum atomic E-state index is -4.50. The van der Waals surface area contributed by atoms with Gasteiger partial charge in [-0.15, -0.1) is 0 Å². The molecule has 0 saturated heterocycles. The van der Waals surface area contributed by atoms with Crippen molar-refractivity contribution >= 4 is 43.6 Å². The van der Waals surface area contributed by atoms with Crippen LogP contribution >= 0.6 is 0 Å². The number of hydrogen-bond donors (Lipinski definition) is 0. The van der Waals surface area contributed by atoms with Crippen molar-refractivity contribution in [2.45, 2.75) is 13.1 Å². The highest BCUT2D eigenvalue weighted by Gasteiger charge is 2.31. The fourth-order valence-electron chi connectivity index (χ4n) is 8.54. The Morgan fingerprint density at radius 1 is 0.426 bits per heavy atom. The van der Waals surface area contributed by atoms with Crippen LogP contribution in [0.1, 0.15) is 11.1 Å². The predicted molar refractivity (Wildman–Crippen MR) is 238 cm³/mol. The van der Waals surface area contributed by atoms with E-state index in [-0.39, 0.29) is 0 Å². The maximum Gasteiger partial charge on any atom is 0.416 e. The van der Waals surface area contributed by atoms with E-state index in [0.717, 1.165) is 66.9 Å². The number of alkyl halides is 3. The van der Waals surface area contributed by atoms with Gasteiger partial charge in [-0.3, -0.25) is 4.98 Å². The lowest BCUT2D eigenvalue weighted by atomic mass is 10.0. The number of halogens is 3. The van der Waals surface area contributed by atoms with Crippen LogP contribution in [0.4, 0.5) is 13.2 Å². The van der Waals surface area contributed by atoms with Gasteiger partial charge < -0.3 is 9.13 Å². The molecule has 0 N–H and O–H groups in total. The molecule has 0 aliphatic carbocycles. The molecule has 292 valence electrons. The highest BCUT2D eigenvalue weighted by molar-refractivity contribution is 6.11. The molecule has 61 heavy (non-hydrogen) atoms. The molecular formula is C52H33F3N6. The van der Waals surface area contributed by atoms with Crippen molar-refractivity contribution in [2.75, 3.05) is 0 Å². The van der Waals surface area contributed by atoms with Crippen molar-refractivity contribution in [1.82, 2.24) is 29.1 Å². The average Bonchev–Trinajstić information content (AvgIpc) is 3.81. The summed E-state index contributed by atoms with van der Waals surface area (Å²) in [4.78, 5) is 20.2. The smallest absolute Gasteiger partial charge is 0.309 e. The first-order chi connectivity index (χ1) is 29.8. The molecule has 0 unspecified atom stereocenters. The van der Waals surface area contributed by atoms with Crippen molar-refractivity contribution in [3.05, 3.63) is 193 Å². The normalized spacial score (nSPS) is 11.9. The number of aryl methyl sites for hydroxylation is 1. The Hall–Kier alpha value is -7.91. The predicted octanol–water partition coefficient (Wildman–Crippen LogP) is 13.5. The van der Waals surface area contributed by atoms with E-state index in [9.17, 15) is 13.2 Å². The Balaban J connectivity index is 1.22. The first kappa shape index (κ1) is 36.2. The molecule has 0 bridgehead atoms. The summed E-state index contributed by atoms with van der Waals surface area (Å²) in [5.74, 6) is 1.55. The van der Waals surface area contributed by atoms with E-state index in [1.54, 1.807) is 12.3 Å². The third kappa shape index (κ3) is 6.12. The van der Waals surface area contributed by atoms with Gasteiger partial charge in [0.05, 0.1) is 44.7 Å². The van der Waals surface area contributed by atoms with Crippen LogP contribution in [0.15, 0.2) is 182 Å². The summed E-state index contributed by atoms with van der Waals surface area (Å²) in [5.41, 5.74) is 9.29. The second-order valence-electron chi connectivity index (χ2n) is 15.1. The zero-order valence-electron chi connectivity index (χ0n) is 32.6. The van der Waals surface area contributed by atoms with Crippen LogP contribution in [-0.4, -0.2) is 29.1 Å². The van der Waals surface area contributed by atoms with Gasteiger partial charge in [0, 0.05) is 50.0 Å². The lowest BCUT2D eigenvalue weighted by Crippen LogP contribution is -2.05. The zero-order chi connectivity index (χ0) is 41.2. The van der Waals surface area contributed by atoms with Crippen LogP contribution < -0.4 is 0 Å². The summed E-state index contributed by atoms with van der Waals surface area (Å²) in [7, 11) is 0. The molecule has 9 heteroatoms. The first-order valence-corrected chi connectivity index (χ1v) is 19.9. The van der Waals surface area contributed by atoms with Gasteiger partial charge in [0.25, 0.3) is 0 Å². The SMILES string of the molecule is Cc1ccc2c(c1)c1ccccc1n2-c1ccc(-c2nc(-c3ccccc3)nc(-c3ccccc3)n2)cc1-c1ncccc1-n1c2ccccc2c2cc(C(F)(F)F)ccc21. The zero-order valence-corrected chi connectivity index (χ0v) is 32.6. The maximum atomic E-state index is 14.1. The average molecular weight is 799 g/mol. The number of nitrogens with zero attached hydrogens (tertiary/aromatic N) is 6. The van der Waals surface area contributed by atoms with Crippen LogP contribution in [0.2, 0.25) is 0 Å². The number of benzene rings is 7. The van der Waals surface area contributed by atoms with E-state index in [0.29, 0.717) is 45.1 Å². The van der Waals surface area contributed by atoms with Crippen molar-refractivity contribution in [2.24, 2.45) is 0 Å². The molecular weight excluding hydrogens is 766 g/mol. The van der Waals surface area contributed by atoms with Crippen molar-refractivity contribution in [1.29, 1.82) is 0 Å². The van der Waals surface area contributed by atoms with E-state index < -0.39 is 11.7 Å². The molecule has 0 fully saturated rings. The van der Waals surface area contributed by atoms with Crippen LogP contribution in [0, 0.1) is 6.92 Å². The Bertz CT molecular complexity index is 3420. The van der Waals surface area contributed by atoms with Crippen molar-refractivity contribution in [3.8, 4) is 56.8 Å². The molecule has 0 aliphatic rings. The quantitative estimate of drug-likeness (QED) is 0.168. The lowest BCUT2D eigenvalue weighted by Gasteiger charge is -2.19. The topological polar surface area (TPSA) is 61.4 Å². The molecule has 4 heterocycles. The number of para-hydroxylation sites is 2. The molecule has 6 nitrogen and oxygen atoms in total. The third-order valence-corrected chi connectivity index (χ3v) is 11.3. The van der Waals surface area contributed by atoms with Crippen LogP contribution in [0.25, 0.3) is 100 Å². The van der Waals surface area contributed by atoms with E-state index in [1.807, 2.05) is 114 Å². The Kier molecular flexibility index (Phi) is 8.38. The molecule has 0 saturated carbocycles. The summed E-state index contributed by atoms with van der Waals surface area (Å²) in [6, 6.07) is 56.1. The van der Waals surface area contributed by atoms with Gasteiger partial charge in [0.2, 0.25) is 0 Å². The van der Waals surface area contributed by atoms with Crippen LogP contribution in [-0.2, 0) is 6.18 Å². The van der Waals surface area contributed by atoms with E-state index >= 15 is 0 Å². The molecule has 11 rings (SSSR count). The molecule has 0 aliphatic heterocycles. The first-order valence-electron chi connectivity index (χ1n) is 19.9. The minimum absolute atomic E-state index is 0.479. The summed E-state index contributed by atoms with van der Waals surface area (Å²) in [6.45, 7) is 2.09. The third-order valence-electron chi connectivity index (χ3n) is 11.3. The fraction of sp³-hybridized carbons (Fsp3) is 0.0385. The van der Waals surface area contributed by atoms with Crippen molar-refractivity contribution in [3.63, 3.8) is 0 Å². The van der Waals surface area contributed by atoms with Crippen LogP contribution in [0.3, 0.4) is 0 Å². The second-order valence-corrected chi connectivity index (χ2v) is 15.1. The molecule has 0 spiro atoms. The number of rotatable bonds is 6. The summed E-state index contributed by atoms with van der Waals surface area (Å²) < 4.78 is 46.7. The largest absolute Gasteiger partial charge is 0.416 e. The van der Waals surface area contributed by atoms with E-state index in [4.69, 9.17) is 19.9 Å². The van der Waals surface area contributed by atoms with Gasteiger partial charge in [-0.1, -0.05) is 109 Å². The standard InChI is InChI=1S/C52H33F3N6/c1-32-22-25-44-39(29-32)37-17-8-10-19-42(37)60(44)46-26-23-35(51-58-49(33-13-4-2-5-14-33)57-50(59-51)34-15-6-3-7-16-34)30-41(46)48-47(21-12-28-56-48)61-43-20-11-9-18-38(43)40-31-36(52(53,54)55)24-27-45(40)61/h2-31H,1H3. The fourth-order valence-corrected chi connectivity index (χ4v) is 8.54. The molecule has 0 amide bonds. The van der Waals surface area contributed by atoms with E-state index in [2.05, 4.69) is 60.0 Å². The molecule has 11 aromatic rings. The summed E-state index contributed by atoms with van der Waals surface area (Å²) >= 11 is 0. The summed E-state index contributed by atoms with van der Waals surface area (Å²) in [5, 5.41) is 3.43. The maximum absolute atomic E-state index is 14.1. The molecule has 0 atom stereocenters. The van der Waals surface area contributed by atoms with Crippen LogP contribution in [0.5, 0.6) is 0 Å². The Morgan fingerprint density at radius 2 is 0.951 bits per heavy atom. The highest BCUT2D eigenvalue weighted by atomic mass is 19.4. The van der Waals surface area contributed by atoms with E-state index in [1.165, 1.54) is 6.07 Å². The van der Waals surface area contributed by atoms with Gasteiger partial charge in [0.1, 0.15) is 0 Å². The highest BCUT2D eigenvalue weighted by Crippen LogP contribution is 2.42.